The van der Waals surface area contributed by atoms with E-state index in [4.69, 9.17) is 9.40 Å². The highest BCUT2D eigenvalue weighted by Gasteiger charge is 2.48. The molecule has 3 saturated carbocycles. The summed E-state index contributed by atoms with van der Waals surface area (Å²) in [4.78, 5) is 19.1. The Bertz CT molecular complexity index is 1620. The van der Waals surface area contributed by atoms with Crippen LogP contribution in [0.3, 0.4) is 0 Å². The van der Waals surface area contributed by atoms with Gasteiger partial charge in [0.15, 0.2) is 5.58 Å². The van der Waals surface area contributed by atoms with E-state index < -0.39 is 0 Å². The van der Waals surface area contributed by atoms with Crippen LogP contribution in [0.15, 0.2) is 52.1 Å². The Morgan fingerprint density at radius 3 is 2.62 bits per heavy atom. The standard InChI is InChI=1S/C32H37N5O2/c1-19-15-32(16-19,30-36-33-18-37(30)4)23-8-5-7-22(13-23)25-17-39-29-24(28(25)38)14-26(34-27(29)21-9-10-21)20(2)35-31(3)11-6-12-31/h5,7-8,13-14,17-21,35H,6,9-12,15-16H2,1-4H3/t19-,20?,32+. The normalized spacial score (nSPS) is 24.8. The van der Waals surface area contributed by atoms with Crippen LogP contribution in [0.5, 0.6) is 0 Å². The Balaban J connectivity index is 1.32. The van der Waals surface area contributed by atoms with Crippen LogP contribution in [0, 0.1) is 5.92 Å². The van der Waals surface area contributed by atoms with E-state index in [1.165, 1.54) is 24.8 Å². The molecule has 1 N–H and O–H groups in total. The average Bonchev–Trinajstić information content (AvgIpc) is 3.65. The van der Waals surface area contributed by atoms with Crippen molar-refractivity contribution in [3.05, 3.63) is 75.9 Å². The Kier molecular flexibility index (Phi) is 5.60. The molecule has 39 heavy (non-hydrogen) atoms. The topological polar surface area (TPSA) is 85.8 Å². The molecule has 1 unspecified atom stereocenters. The number of pyridine rings is 1. The van der Waals surface area contributed by atoms with Crippen LogP contribution in [0.4, 0.5) is 0 Å². The first kappa shape index (κ1) is 24.7. The first-order valence-electron chi connectivity index (χ1n) is 14.5. The van der Waals surface area contributed by atoms with Gasteiger partial charge in [-0.25, -0.2) is 0 Å². The Hall–Kier alpha value is -3.32. The molecular formula is C32H37N5O2. The van der Waals surface area contributed by atoms with Gasteiger partial charge in [-0.15, -0.1) is 10.2 Å². The highest BCUT2D eigenvalue weighted by Crippen LogP contribution is 2.52. The molecule has 7 nitrogen and oxygen atoms in total. The molecule has 7 heteroatoms. The van der Waals surface area contributed by atoms with E-state index in [-0.39, 0.29) is 22.4 Å². The van der Waals surface area contributed by atoms with Crippen molar-refractivity contribution in [2.75, 3.05) is 0 Å². The van der Waals surface area contributed by atoms with Crippen molar-refractivity contribution < 1.29 is 4.42 Å². The minimum atomic E-state index is -0.188. The summed E-state index contributed by atoms with van der Waals surface area (Å²) in [6, 6.07) is 10.4. The van der Waals surface area contributed by atoms with Gasteiger partial charge in [-0.3, -0.25) is 9.78 Å². The predicted molar refractivity (Wildman–Crippen MR) is 152 cm³/mol. The summed E-state index contributed by atoms with van der Waals surface area (Å²) in [6.45, 7) is 6.72. The van der Waals surface area contributed by atoms with Crippen molar-refractivity contribution in [1.82, 2.24) is 25.1 Å². The zero-order valence-corrected chi connectivity index (χ0v) is 23.3. The molecule has 3 aliphatic rings. The fourth-order valence-corrected chi connectivity index (χ4v) is 7.06. The zero-order chi connectivity index (χ0) is 26.9. The zero-order valence-electron chi connectivity index (χ0n) is 23.3. The lowest BCUT2D eigenvalue weighted by molar-refractivity contribution is 0.185. The number of hydrogen-bond acceptors (Lipinski definition) is 6. The number of nitrogens with zero attached hydrogens (tertiary/aromatic N) is 4. The summed E-state index contributed by atoms with van der Waals surface area (Å²) >= 11 is 0. The van der Waals surface area contributed by atoms with Gasteiger partial charge in [0.1, 0.15) is 18.4 Å². The van der Waals surface area contributed by atoms with Crippen molar-refractivity contribution in [3.8, 4) is 11.1 Å². The molecule has 3 aliphatic carbocycles. The lowest BCUT2D eigenvalue weighted by Gasteiger charge is -2.46. The Morgan fingerprint density at radius 1 is 1.18 bits per heavy atom. The number of nitrogens with one attached hydrogen (secondary N) is 1. The van der Waals surface area contributed by atoms with E-state index in [1.54, 1.807) is 12.6 Å². The van der Waals surface area contributed by atoms with Crippen LogP contribution in [-0.4, -0.2) is 25.3 Å². The molecule has 0 saturated heterocycles. The fourth-order valence-electron chi connectivity index (χ4n) is 7.06. The summed E-state index contributed by atoms with van der Waals surface area (Å²) < 4.78 is 8.27. The second-order valence-electron chi connectivity index (χ2n) is 12.8. The first-order valence-corrected chi connectivity index (χ1v) is 14.5. The molecule has 4 aromatic rings. The lowest BCUT2D eigenvalue weighted by Crippen LogP contribution is -2.49. The minimum Gasteiger partial charge on any atom is -0.461 e. The summed E-state index contributed by atoms with van der Waals surface area (Å²) in [5.41, 5.74) is 5.14. The van der Waals surface area contributed by atoms with Crippen molar-refractivity contribution in [2.24, 2.45) is 13.0 Å². The van der Waals surface area contributed by atoms with E-state index >= 15 is 0 Å². The molecule has 1 atom stereocenters. The van der Waals surface area contributed by atoms with Gasteiger partial charge in [-0.1, -0.05) is 25.1 Å². The number of aryl methyl sites for hydroxylation is 1. The van der Waals surface area contributed by atoms with Gasteiger partial charge in [0.2, 0.25) is 5.43 Å². The van der Waals surface area contributed by atoms with Gasteiger partial charge in [-0.2, -0.15) is 0 Å². The molecule has 0 amide bonds. The second kappa shape index (κ2) is 8.85. The monoisotopic (exact) mass is 523 g/mol. The number of benzene rings is 1. The highest BCUT2D eigenvalue weighted by atomic mass is 16.3. The van der Waals surface area contributed by atoms with Crippen molar-refractivity contribution in [1.29, 1.82) is 0 Å². The summed E-state index contributed by atoms with van der Waals surface area (Å²) in [6.07, 6.45) is 11.3. The SMILES string of the molecule is CC(NC1(C)CCC1)c1cc2c(=O)c(-c3cccc([C@]4(c5nncn5C)C[C@@H](C)C4)c3)coc2c(C2CC2)n1. The van der Waals surface area contributed by atoms with E-state index in [1.807, 2.05) is 29.8 Å². The van der Waals surface area contributed by atoms with Crippen LogP contribution in [0.25, 0.3) is 22.1 Å². The van der Waals surface area contributed by atoms with Gasteiger partial charge in [0.05, 0.1) is 27.8 Å². The van der Waals surface area contributed by atoms with Crippen LogP contribution in [0.1, 0.15) is 100 Å². The van der Waals surface area contributed by atoms with Crippen molar-refractivity contribution in [3.63, 3.8) is 0 Å². The van der Waals surface area contributed by atoms with Gasteiger partial charge < -0.3 is 14.3 Å². The number of aromatic nitrogens is 4. The molecule has 202 valence electrons. The van der Waals surface area contributed by atoms with Crippen molar-refractivity contribution in [2.45, 2.75) is 88.6 Å². The highest BCUT2D eigenvalue weighted by molar-refractivity contribution is 5.84. The summed E-state index contributed by atoms with van der Waals surface area (Å²) in [5, 5.41) is 13.1. The van der Waals surface area contributed by atoms with Crippen molar-refractivity contribution >= 4 is 11.0 Å². The van der Waals surface area contributed by atoms with Crippen LogP contribution < -0.4 is 10.7 Å². The smallest absolute Gasteiger partial charge is 0.200 e. The summed E-state index contributed by atoms with van der Waals surface area (Å²) in [5.74, 6) is 1.97. The third-order valence-corrected chi connectivity index (χ3v) is 9.49. The summed E-state index contributed by atoms with van der Waals surface area (Å²) in [7, 11) is 2.01. The largest absolute Gasteiger partial charge is 0.461 e. The lowest BCUT2D eigenvalue weighted by atomic mass is 9.58. The molecule has 1 aromatic carbocycles. The van der Waals surface area contributed by atoms with Crippen LogP contribution >= 0.6 is 0 Å². The number of rotatable bonds is 7. The van der Waals surface area contributed by atoms with Crippen LogP contribution in [0.2, 0.25) is 0 Å². The molecule has 7 rings (SSSR count). The van der Waals surface area contributed by atoms with Crippen LogP contribution in [-0.2, 0) is 12.5 Å². The number of fused-ring (bicyclic) bond motifs is 1. The van der Waals surface area contributed by atoms with E-state index in [0.29, 0.717) is 28.4 Å². The van der Waals surface area contributed by atoms with E-state index in [2.05, 4.69) is 48.4 Å². The van der Waals surface area contributed by atoms with Gasteiger partial charge >= 0.3 is 0 Å². The van der Waals surface area contributed by atoms with E-state index in [0.717, 1.165) is 48.5 Å². The predicted octanol–water partition coefficient (Wildman–Crippen LogP) is 6.17. The molecule has 0 radical (unpaired) electrons. The van der Waals surface area contributed by atoms with E-state index in [9.17, 15) is 4.79 Å². The number of hydrogen-bond donors (Lipinski definition) is 1. The Morgan fingerprint density at radius 2 is 1.97 bits per heavy atom. The van der Waals surface area contributed by atoms with Gasteiger partial charge in [-0.05, 0) is 88.0 Å². The maximum atomic E-state index is 14.1. The minimum absolute atomic E-state index is 0.00990. The van der Waals surface area contributed by atoms with Gasteiger partial charge in [0, 0.05) is 24.5 Å². The average molecular weight is 524 g/mol. The molecule has 3 aromatic heterocycles. The molecular weight excluding hydrogens is 486 g/mol. The first-order chi connectivity index (χ1) is 18.8. The molecule has 3 fully saturated rings. The second-order valence-corrected chi connectivity index (χ2v) is 12.8. The quantitative estimate of drug-likeness (QED) is 0.312. The molecule has 0 bridgehead atoms. The maximum absolute atomic E-state index is 14.1. The Labute approximate surface area is 229 Å². The molecule has 0 aliphatic heterocycles. The molecule has 0 spiro atoms. The molecule has 3 heterocycles. The maximum Gasteiger partial charge on any atom is 0.200 e. The van der Waals surface area contributed by atoms with Gasteiger partial charge in [0.25, 0.3) is 0 Å². The third kappa shape index (κ3) is 4.05. The fraction of sp³-hybridized carbons (Fsp3) is 0.500. The third-order valence-electron chi connectivity index (χ3n) is 9.49.